The second-order valence-electron chi connectivity index (χ2n) is 11.3. The molecule has 230 valence electrons. The number of aromatic nitrogens is 3. The number of benzene rings is 2. The van der Waals surface area contributed by atoms with Crippen molar-refractivity contribution in [1.82, 2.24) is 19.7 Å². The molecule has 0 unspecified atom stereocenters. The monoisotopic (exact) mass is 596 g/mol. The summed E-state index contributed by atoms with van der Waals surface area (Å²) < 4.78 is 24.9. The molecule has 0 aliphatic carbocycles. The molecule has 0 bridgehead atoms. The lowest BCUT2D eigenvalue weighted by Crippen LogP contribution is -2.36. The molecule has 44 heavy (non-hydrogen) atoms. The predicted octanol–water partition coefficient (Wildman–Crippen LogP) is 5.93. The lowest BCUT2D eigenvalue weighted by atomic mass is 9.97. The largest absolute Gasteiger partial charge is 0.488 e. The molecule has 1 fully saturated rings. The van der Waals surface area contributed by atoms with Crippen molar-refractivity contribution >= 4 is 5.97 Å². The first-order chi connectivity index (χ1) is 21.5. The van der Waals surface area contributed by atoms with E-state index in [9.17, 15) is 4.79 Å². The number of carbonyl (C=O) groups excluding carboxylic acids is 1. The summed E-state index contributed by atoms with van der Waals surface area (Å²) in [6.07, 6.45) is 5.24. The van der Waals surface area contributed by atoms with Crippen molar-refractivity contribution < 1.29 is 23.7 Å². The molecule has 2 aromatic heterocycles. The lowest BCUT2D eigenvalue weighted by Gasteiger charge is -2.30. The van der Waals surface area contributed by atoms with Crippen molar-refractivity contribution in [3.8, 4) is 28.7 Å². The van der Waals surface area contributed by atoms with Crippen LogP contribution in [0.1, 0.15) is 59.3 Å². The van der Waals surface area contributed by atoms with Gasteiger partial charge in [-0.25, -0.2) is 9.78 Å². The molecule has 0 amide bonds. The molecular formula is C35H40N4O5. The molecule has 9 heteroatoms. The van der Waals surface area contributed by atoms with E-state index in [1.54, 1.807) is 6.92 Å². The number of carbonyl (C=O) groups is 1. The smallest absolute Gasteiger partial charge is 0.345 e. The molecule has 1 atom stereocenters. The molecule has 1 saturated heterocycles. The summed E-state index contributed by atoms with van der Waals surface area (Å²) >= 11 is 0. The average molecular weight is 597 g/mol. The molecule has 6 rings (SSSR count). The van der Waals surface area contributed by atoms with E-state index in [4.69, 9.17) is 23.9 Å². The van der Waals surface area contributed by atoms with Crippen molar-refractivity contribution in [1.29, 1.82) is 0 Å². The van der Waals surface area contributed by atoms with Gasteiger partial charge in [-0.2, -0.15) is 9.78 Å². The van der Waals surface area contributed by atoms with E-state index in [0.29, 0.717) is 31.0 Å². The summed E-state index contributed by atoms with van der Waals surface area (Å²) in [7, 11) is 0. The standard InChI is InChI=1S/C35H40N4O5/c1-4-41-34-30(35(40)42-5-2)20-36-39(34)32-13-7-12-31(37-32)29-11-6-9-24(3)33(29)44-23-25-14-15-27-21-38(17-16-26(27)19-25)22-28-10-8-18-43-28/h6-7,9,11-15,19-20,28H,4-5,8,10,16-18,21-23H2,1-3H3/t28-/m0/s1. The fraction of sp³-hybridized carbons (Fsp3) is 0.400. The minimum atomic E-state index is -0.481. The van der Waals surface area contributed by atoms with E-state index in [1.807, 2.05) is 50.2 Å². The van der Waals surface area contributed by atoms with Crippen LogP contribution in [0.15, 0.2) is 60.8 Å². The minimum Gasteiger partial charge on any atom is -0.488 e. The summed E-state index contributed by atoms with van der Waals surface area (Å²) in [6, 6.07) is 18.5. The lowest BCUT2D eigenvalue weighted by molar-refractivity contribution is 0.0521. The van der Waals surface area contributed by atoms with Gasteiger partial charge in [0.25, 0.3) is 0 Å². The molecule has 9 nitrogen and oxygen atoms in total. The van der Waals surface area contributed by atoms with Gasteiger partial charge >= 0.3 is 5.97 Å². The summed E-state index contributed by atoms with van der Waals surface area (Å²) in [5, 5.41) is 4.41. The highest BCUT2D eigenvalue weighted by Crippen LogP contribution is 2.34. The SMILES string of the molecule is CCOC(=O)c1cnn(-c2cccc(-c3cccc(C)c3OCc3ccc4c(c3)CCN(C[C@@H]3CCCO3)C4)n2)c1OCC. The fourth-order valence-electron chi connectivity index (χ4n) is 6.00. The number of aryl methyl sites for hydroxylation is 1. The zero-order valence-corrected chi connectivity index (χ0v) is 25.8. The van der Waals surface area contributed by atoms with Crippen molar-refractivity contribution in [3.63, 3.8) is 0 Å². The van der Waals surface area contributed by atoms with Crippen LogP contribution < -0.4 is 9.47 Å². The van der Waals surface area contributed by atoms with Crippen LogP contribution in [0.3, 0.4) is 0 Å². The highest BCUT2D eigenvalue weighted by Gasteiger charge is 2.24. The van der Waals surface area contributed by atoms with Gasteiger partial charge in [-0.15, -0.1) is 0 Å². The zero-order valence-electron chi connectivity index (χ0n) is 25.8. The third kappa shape index (κ3) is 6.49. The Kier molecular flexibility index (Phi) is 9.23. The molecule has 0 saturated carbocycles. The van der Waals surface area contributed by atoms with E-state index in [2.05, 4.69) is 28.2 Å². The fourth-order valence-corrected chi connectivity index (χ4v) is 6.00. The second kappa shape index (κ2) is 13.6. The number of hydrogen-bond acceptors (Lipinski definition) is 8. The Balaban J connectivity index is 1.20. The highest BCUT2D eigenvalue weighted by atomic mass is 16.5. The number of fused-ring (bicyclic) bond motifs is 1. The topological polar surface area (TPSA) is 87.9 Å². The molecular weight excluding hydrogens is 556 g/mol. The van der Waals surface area contributed by atoms with Crippen LogP contribution in [-0.2, 0) is 29.0 Å². The number of nitrogens with zero attached hydrogens (tertiary/aromatic N) is 4. The first kappa shape index (κ1) is 29.8. The predicted molar refractivity (Wildman–Crippen MR) is 167 cm³/mol. The van der Waals surface area contributed by atoms with Crippen LogP contribution in [0.4, 0.5) is 0 Å². The number of rotatable bonds is 11. The van der Waals surface area contributed by atoms with Crippen LogP contribution in [0.2, 0.25) is 0 Å². The van der Waals surface area contributed by atoms with Gasteiger partial charge in [-0.1, -0.05) is 36.4 Å². The van der Waals surface area contributed by atoms with E-state index < -0.39 is 5.97 Å². The Morgan fingerprint density at radius 3 is 2.75 bits per heavy atom. The van der Waals surface area contributed by atoms with Gasteiger partial charge in [0.1, 0.15) is 17.9 Å². The zero-order chi connectivity index (χ0) is 30.5. The second-order valence-corrected chi connectivity index (χ2v) is 11.3. The van der Waals surface area contributed by atoms with E-state index in [0.717, 1.165) is 60.8 Å². The summed E-state index contributed by atoms with van der Waals surface area (Å²) in [4.78, 5) is 19.9. The third-order valence-corrected chi connectivity index (χ3v) is 8.17. The van der Waals surface area contributed by atoms with Gasteiger partial charge in [0, 0.05) is 31.8 Å². The highest BCUT2D eigenvalue weighted by molar-refractivity contribution is 5.92. The number of pyridine rings is 1. The Bertz CT molecular complexity index is 1610. The van der Waals surface area contributed by atoms with Crippen molar-refractivity contribution in [2.24, 2.45) is 0 Å². The summed E-state index contributed by atoms with van der Waals surface area (Å²) in [5.41, 5.74) is 6.85. The molecule has 2 aromatic carbocycles. The van der Waals surface area contributed by atoms with Crippen LogP contribution >= 0.6 is 0 Å². The normalized spacial score (nSPS) is 16.5. The Hall–Kier alpha value is -4.21. The maximum Gasteiger partial charge on any atom is 0.345 e. The number of esters is 1. The molecule has 4 aromatic rings. The number of para-hydroxylation sites is 1. The van der Waals surface area contributed by atoms with Crippen LogP contribution in [-0.4, -0.2) is 64.6 Å². The van der Waals surface area contributed by atoms with Gasteiger partial charge in [-0.05, 0) is 80.5 Å². The quantitative estimate of drug-likeness (QED) is 0.197. The molecule has 0 radical (unpaired) electrons. The Labute approximate surface area is 258 Å². The van der Waals surface area contributed by atoms with Crippen LogP contribution in [0.5, 0.6) is 11.6 Å². The van der Waals surface area contributed by atoms with E-state index >= 15 is 0 Å². The number of ether oxygens (including phenoxy) is 4. The van der Waals surface area contributed by atoms with E-state index in [1.165, 1.54) is 34.8 Å². The van der Waals surface area contributed by atoms with Crippen LogP contribution in [0, 0.1) is 6.92 Å². The maximum atomic E-state index is 12.5. The van der Waals surface area contributed by atoms with Crippen molar-refractivity contribution in [3.05, 3.63) is 88.6 Å². The molecule has 0 N–H and O–H groups in total. The van der Waals surface area contributed by atoms with Gasteiger partial charge in [0.2, 0.25) is 5.88 Å². The van der Waals surface area contributed by atoms with Crippen molar-refractivity contribution in [2.75, 3.05) is 32.9 Å². The molecule has 2 aliphatic rings. The third-order valence-electron chi connectivity index (χ3n) is 8.17. The maximum absolute atomic E-state index is 12.5. The minimum absolute atomic E-state index is 0.264. The number of hydrogen-bond donors (Lipinski definition) is 0. The van der Waals surface area contributed by atoms with Gasteiger partial charge in [0.05, 0.1) is 31.2 Å². The summed E-state index contributed by atoms with van der Waals surface area (Å²) in [5.74, 6) is 1.14. The van der Waals surface area contributed by atoms with Gasteiger partial charge in [-0.3, -0.25) is 4.90 Å². The summed E-state index contributed by atoms with van der Waals surface area (Å²) in [6.45, 7) is 10.7. The molecule has 2 aliphatic heterocycles. The Morgan fingerprint density at radius 1 is 1.05 bits per heavy atom. The molecule has 0 spiro atoms. The van der Waals surface area contributed by atoms with E-state index in [-0.39, 0.29) is 12.2 Å². The molecule has 4 heterocycles. The first-order valence-electron chi connectivity index (χ1n) is 15.6. The Morgan fingerprint density at radius 2 is 1.93 bits per heavy atom. The van der Waals surface area contributed by atoms with Gasteiger partial charge in [0.15, 0.2) is 5.82 Å². The van der Waals surface area contributed by atoms with Gasteiger partial charge < -0.3 is 18.9 Å². The average Bonchev–Trinajstić information content (AvgIpc) is 3.71. The van der Waals surface area contributed by atoms with Crippen molar-refractivity contribution in [2.45, 2.75) is 59.3 Å². The van der Waals surface area contributed by atoms with Crippen LogP contribution in [0.25, 0.3) is 17.1 Å². The first-order valence-corrected chi connectivity index (χ1v) is 15.6.